The monoisotopic (exact) mass is 1230 g/mol. The quantitative estimate of drug-likeness (QED) is 0.0657. The first-order chi connectivity index (χ1) is 35.3. The van der Waals surface area contributed by atoms with Crippen molar-refractivity contribution in [3.8, 4) is 0 Å². The van der Waals surface area contributed by atoms with Crippen LogP contribution in [0.3, 0.4) is 0 Å². The molecule has 0 aliphatic carbocycles. The molecule has 20 nitrogen and oxygen atoms in total. The number of nitrogens with zero attached hydrogens (tertiary/aromatic N) is 12. The van der Waals surface area contributed by atoms with Gasteiger partial charge in [-0.15, -0.1) is 0 Å². The molecule has 0 aromatic carbocycles. The largest absolute Gasteiger partial charge is 0.478 e. The van der Waals surface area contributed by atoms with Crippen LogP contribution in [0.1, 0.15) is 135 Å². The summed E-state index contributed by atoms with van der Waals surface area (Å²) in [5.41, 5.74) is -9.76. The van der Waals surface area contributed by atoms with Gasteiger partial charge < -0.3 is 10.2 Å². The highest BCUT2D eigenvalue weighted by Crippen LogP contribution is 2.31. The summed E-state index contributed by atoms with van der Waals surface area (Å²) in [6.07, 6.45) is -17.6. The van der Waals surface area contributed by atoms with E-state index in [0.29, 0.717) is 14.0 Å². The number of carbonyl (C=O) groups excluding carboxylic acids is 4. The molecule has 6 aromatic heterocycles. The number of carboxylic acid groups (broad SMARTS) is 2. The van der Waals surface area contributed by atoms with Crippen LogP contribution in [0, 0.1) is 17.8 Å². The van der Waals surface area contributed by atoms with Gasteiger partial charge in [-0.1, -0.05) is 34.8 Å². The first kappa shape index (κ1) is 68.2. The maximum atomic E-state index is 12.9. The van der Waals surface area contributed by atoms with Crippen LogP contribution in [0.5, 0.6) is 0 Å². The van der Waals surface area contributed by atoms with Crippen LogP contribution in [0.2, 0.25) is 15.5 Å². The Hall–Kier alpha value is -6.79. The number of aromatic carboxylic acids is 2. The van der Waals surface area contributed by atoms with Crippen molar-refractivity contribution in [2.75, 3.05) is 0 Å². The summed E-state index contributed by atoms with van der Waals surface area (Å²) in [6, 6.07) is -2.25. The highest BCUT2D eigenvalue weighted by Gasteiger charge is 2.31. The van der Waals surface area contributed by atoms with E-state index in [1.54, 1.807) is 0 Å². The Morgan fingerprint density at radius 2 is 0.662 bits per heavy atom. The number of carboxylic acids is 2. The van der Waals surface area contributed by atoms with E-state index in [4.69, 9.17) is 68.2 Å². The van der Waals surface area contributed by atoms with E-state index in [2.05, 4.69) is 30.6 Å². The number of halogens is 21. The zero-order chi connectivity index (χ0) is 60.2. The van der Waals surface area contributed by atoms with E-state index in [1.165, 1.54) is 21.1 Å². The summed E-state index contributed by atoms with van der Waals surface area (Å²) in [5, 5.41) is 33.2. The molecule has 0 amide bonds. The van der Waals surface area contributed by atoms with E-state index in [-0.39, 0.29) is 27.3 Å². The number of hydrogen-bond acceptors (Lipinski definition) is 12. The Morgan fingerprint density at radius 3 is 0.896 bits per heavy atom. The molecule has 426 valence electrons. The first-order valence-electron chi connectivity index (χ1n) is 18.9. The minimum atomic E-state index is -3.18. The zero-order valence-electron chi connectivity index (χ0n) is 38.2. The van der Waals surface area contributed by atoms with Gasteiger partial charge in [-0.2, -0.15) is 48.2 Å². The van der Waals surface area contributed by atoms with Crippen molar-refractivity contribution in [3.05, 3.63) is 101 Å². The summed E-state index contributed by atoms with van der Waals surface area (Å²) in [5.74, 6) is -7.09. The van der Waals surface area contributed by atoms with Gasteiger partial charge in [0, 0.05) is 42.3 Å². The fourth-order valence-electron chi connectivity index (χ4n) is 5.13. The van der Waals surface area contributed by atoms with Crippen molar-refractivity contribution in [2.45, 2.75) is 38.6 Å². The van der Waals surface area contributed by atoms with Crippen LogP contribution < -0.4 is 0 Å². The van der Waals surface area contributed by atoms with Crippen molar-refractivity contribution >= 4 is 92.8 Å². The van der Waals surface area contributed by atoms with Crippen LogP contribution in [0.15, 0.2) is 0 Å². The molecule has 0 saturated heterocycles. The van der Waals surface area contributed by atoms with Crippen LogP contribution in [-0.2, 0) is 42.3 Å². The van der Waals surface area contributed by atoms with Gasteiger partial charge in [0.05, 0.1) is 5.56 Å². The second-order valence-corrected chi connectivity index (χ2v) is 15.2. The van der Waals surface area contributed by atoms with Crippen molar-refractivity contribution in [2.24, 2.45) is 42.3 Å². The number of aldehydes is 1. The Kier molecular flexibility index (Phi) is 25.8. The standard InChI is InChI=1S/C6H4Cl2F2N2O.C6H4ClF3N2O.C6H5ClF2N2O2.C6H5ClF2N2O.C6H4F4N2O.C6H5F3N2O2/c1-12-4(7)2(5(8)13)3(11-12)6(9)10;1-12-6(10)2(4(7)13)3(11-12)5(8)9;1-11-4(7)2(6(12)13)3(10-11)5(8)9;1-11-5(7)3(2-12)4(10-11)6(8)9;1-12-5(9)2(6(10)13)3(11-12)4(7)8;1-11-5(9)2(6(12)13)3(10-11)4(7)8/h6H,1H3;5H,1H3;5H,1H3,(H,12,13);2,6H,1H3;4H,1H3;4H,1H3,(H,12,13). The Balaban J connectivity index is 0.000000462. The molecule has 0 atom stereocenters. The molecule has 0 aliphatic heterocycles. The maximum Gasteiger partial charge on any atom is 0.342 e. The predicted molar refractivity (Wildman–Crippen MR) is 229 cm³/mol. The van der Waals surface area contributed by atoms with Crippen LogP contribution >= 0.6 is 58.0 Å². The second kappa shape index (κ2) is 29.1. The van der Waals surface area contributed by atoms with Gasteiger partial charge in [0.2, 0.25) is 17.8 Å². The molecule has 0 bridgehead atoms. The van der Waals surface area contributed by atoms with Gasteiger partial charge in [-0.3, -0.25) is 33.2 Å². The van der Waals surface area contributed by atoms with Gasteiger partial charge in [0.25, 0.3) is 49.0 Å². The number of aromatic nitrogens is 12. The molecule has 2 N–H and O–H groups in total. The topological polar surface area (TPSA) is 250 Å². The highest BCUT2D eigenvalue weighted by atomic mass is 35.5. The van der Waals surface area contributed by atoms with E-state index in [0.717, 1.165) is 35.2 Å². The number of rotatable bonds is 12. The molecule has 0 aliphatic rings. The lowest BCUT2D eigenvalue weighted by Crippen LogP contribution is -2.03. The van der Waals surface area contributed by atoms with Crippen LogP contribution in [-0.4, -0.2) is 104 Å². The SMILES string of the molecule is Cn1nc(C(F)F)c(C(=O)Cl)c1Cl.Cn1nc(C(F)F)c(C(=O)Cl)c1F.Cn1nc(C(F)F)c(C(=O)F)c1F.Cn1nc(C(F)F)c(C(=O)O)c1Cl.Cn1nc(C(F)F)c(C(=O)O)c1F.Cn1nc(C(F)F)c(C=O)c1Cl. The molecular weight excluding hydrogens is 1210 g/mol. The molecular formula is C36H27Cl5F16N12O8. The molecule has 0 unspecified atom stereocenters. The van der Waals surface area contributed by atoms with Crippen molar-refractivity contribution in [1.82, 2.24) is 58.7 Å². The predicted octanol–water partition coefficient (Wildman–Crippen LogP) is 10.6. The lowest BCUT2D eigenvalue weighted by atomic mass is 10.2. The van der Waals surface area contributed by atoms with E-state index < -0.39 is 147 Å². The molecule has 0 saturated carbocycles. The molecule has 6 heterocycles. The third-order valence-electron chi connectivity index (χ3n) is 8.44. The van der Waals surface area contributed by atoms with Gasteiger partial charge in [-0.05, 0) is 23.2 Å². The number of aryl methyl sites for hydroxylation is 6. The molecule has 0 fully saturated rings. The van der Waals surface area contributed by atoms with Crippen molar-refractivity contribution < 1.29 is 109 Å². The van der Waals surface area contributed by atoms with Crippen molar-refractivity contribution in [1.29, 1.82) is 0 Å². The maximum absolute atomic E-state index is 12.9. The molecule has 41 heteroatoms. The molecule has 0 radical (unpaired) electrons. The van der Waals surface area contributed by atoms with Crippen LogP contribution in [0.25, 0.3) is 0 Å². The van der Waals surface area contributed by atoms with E-state index in [9.17, 15) is 99.0 Å². The smallest absolute Gasteiger partial charge is 0.342 e. The highest BCUT2D eigenvalue weighted by molar-refractivity contribution is 6.69. The summed E-state index contributed by atoms with van der Waals surface area (Å²) < 4.78 is 200. The zero-order valence-corrected chi connectivity index (χ0v) is 42.0. The fourth-order valence-corrected chi connectivity index (χ4v) is 6.15. The average molecular weight is 1240 g/mol. The Bertz CT molecular complexity index is 2710. The van der Waals surface area contributed by atoms with E-state index in [1.807, 2.05) is 0 Å². The second-order valence-electron chi connectivity index (χ2n) is 13.4. The summed E-state index contributed by atoms with van der Waals surface area (Å²) in [7, 11) is 7.17. The van der Waals surface area contributed by atoms with Crippen LogP contribution in [0.4, 0.5) is 70.2 Å². The van der Waals surface area contributed by atoms with Crippen molar-refractivity contribution in [3.63, 3.8) is 0 Å². The lowest BCUT2D eigenvalue weighted by molar-refractivity contribution is 0.0671. The third-order valence-corrected chi connectivity index (χ3v) is 10.1. The minimum Gasteiger partial charge on any atom is -0.478 e. The summed E-state index contributed by atoms with van der Waals surface area (Å²) >= 11 is 26.4. The normalized spacial score (nSPS) is 10.9. The molecule has 0 spiro atoms. The summed E-state index contributed by atoms with van der Waals surface area (Å²) in [6.45, 7) is 0. The van der Waals surface area contributed by atoms with Gasteiger partial charge in [-0.25, -0.2) is 76.3 Å². The molecule has 6 rings (SSSR count). The third kappa shape index (κ3) is 17.1. The Labute approximate surface area is 441 Å². The minimum absolute atomic E-state index is 0.0692. The number of alkyl halides is 12. The average Bonchev–Trinajstić information content (AvgIpc) is 4.13. The number of carbonyl (C=O) groups is 6. The molecule has 6 aromatic rings. The Morgan fingerprint density at radius 1 is 0.416 bits per heavy atom. The fraction of sp³-hybridized carbons (Fsp3) is 0.333. The van der Waals surface area contributed by atoms with E-state index >= 15 is 0 Å². The lowest BCUT2D eigenvalue weighted by Gasteiger charge is -1.94. The summed E-state index contributed by atoms with van der Waals surface area (Å²) in [4.78, 5) is 62.5. The van der Waals surface area contributed by atoms with Gasteiger partial charge in [0.15, 0.2) is 6.29 Å². The molecule has 77 heavy (non-hydrogen) atoms. The first-order valence-corrected chi connectivity index (χ1v) is 20.8. The number of hydrogen-bond donors (Lipinski definition) is 2. The van der Waals surface area contributed by atoms with Gasteiger partial charge in [0.1, 0.15) is 77.4 Å². The van der Waals surface area contributed by atoms with Gasteiger partial charge >= 0.3 is 18.0 Å².